The minimum atomic E-state index is -0.696. The lowest BCUT2D eigenvalue weighted by atomic mass is 9.32. The van der Waals surface area contributed by atoms with Crippen molar-refractivity contribution in [3.8, 4) is 0 Å². The summed E-state index contributed by atoms with van der Waals surface area (Å²) < 4.78 is 11.9. The summed E-state index contributed by atoms with van der Waals surface area (Å²) in [6.45, 7) is 28.8. The largest absolute Gasteiger partial charge is 0.462 e. The second-order valence-corrected chi connectivity index (χ2v) is 21.6. The second kappa shape index (κ2) is 14.0. The standard InChI is InChI=1S/C46H74N2O5/c1-31(2)33-12-19-46(28-38(50)48-22-15-32(16-23-48)47-24-26-52-27-25-47)21-20-44(8)34(40(33)46)10-11-36-43(7)17-14-37(53-39(51)29-41(3,4)30-49)42(5,6)35(43)13-18-45(36,44)9/h30,32-37,40H,1,10-29H2,2-9H3/t33-,34+,35-,36+,37?,40+,43-,44+,45?,46+/m0/s1. The minimum Gasteiger partial charge on any atom is -0.462 e. The van der Waals surface area contributed by atoms with E-state index < -0.39 is 5.41 Å². The number of rotatable bonds is 8. The van der Waals surface area contributed by atoms with Gasteiger partial charge in [-0.1, -0.05) is 60.6 Å². The number of aldehydes is 1. The van der Waals surface area contributed by atoms with Gasteiger partial charge in [0.05, 0.1) is 19.6 Å². The van der Waals surface area contributed by atoms with Crippen LogP contribution in [0.3, 0.4) is 0 Å². The molecule has 2 aliphatic heterocycles. The first kappa shape index (κ1) is 39.5. The summed E-state index contributed by atoms with van der Waals surface area (Å²) in [5, 5.41) is 0. The molecule has 2 saturated heterocycles. The fourth-order valence-electron chi connectivity index (χ4n) is 15.2. The molecule has 0 N–H and O–H groups in total. The van der Waals surface area contributed by atoms with Gasteiger partial charge in [0.2, 0.25) is 5.91 Å². The Morgan fingerprint density at radius 1 is 0.830 bits per heavy atom. The predicted molar refractivity (Wildman–Crippen MR) is 210 cm³/mol. The fraction of sp³-hybridized carbons (Fsp3) is 0.891. The zero-order valence-corrected chi connectivity index (χ0v) is 34.9. The number of hydrogen-bond donors (Lipinski definition) is 0. The molecule has 1 amide bonds. The number of fused-ring (bicyclic) bond motifs is 7. The van der Waals surface area contributed by atoms with Crippen molar-refractivity contribution in [2.45, 2.75) is 157 Å². The van der Waals surface area contributed by atoms with E-state index in [4.69, 9.17) is 9.47 Å². The van der Waals surface area contributed by atoms with Crippen molar-refractivity contribution in [2.24, 2.45) is 62.1 Å². The normalized spacial score (nSPS) is 43.1. The summed E-state index contributed by atoms with van der Waals surface area (Å²) >= 11 is 0. The maximum Gasteiger partial charge on any atom is 0.307 e. The van der Waals surface area contributed by atoms with Crippen LogP contribution < -0.4 is 0 Å². The maximum atomic E-state index is 14.4. The van der Waals surface area contributed by atoms with E-state index in [1.807, 2.05) is 13.8 Å². The summed E-state index contributed by atoms with van der Waals surface area (Å²) in [5.74, 6) is 2.98. The van der Waals surface area contributed by atoms with Gasteiger partial charge in [0.15, 0.2) is 0 Å². The van der Waals surface area contributed by atoms with E-state index in [0.717, 1.165) is 77.8 Å². The molecule has 0 spiro atoms. The Kier molecular flexibility index (Phi) is 10.5. The average molecular weight is 735 g/mol. The third-order valence-electron chi connectivity index (χ3n) is 18.3. The fourth-order valence-corrected chi connectivity index (χ4v) is 15.2. The monoisotopic (exact) mass is 735 g/mol. The number of amides is 1. The summed E-state index contributed by atoms with van der Waals surface area (Å²) in [6, 6.07) is 0.591. The van der Waals surface area contributed by atoms with Gasteiger partial charge in [-0.05, 0) is 135 Å². The number of nitrogens with zero attached hydrogens (tertiary/aromatic N) is 2. The van der Waals surface area contributed by atoms with Crippen LogP contribution in [0.25, 0.3) is 0 Å². The number of likely N-dealkylation sites (tertiary alicyclic amines) is 1. The van der Waals surface area contributed by atoms with Gasteiger partial charge in [0.25, 0.3) is 0 Å². The first-order chi connectivity index (χ1) is 24.9. The van der Waals surface area contributed by atoms with Crippen LogP contribution in [-0.4, -0.2) is 79.5 Å². The van der Waals surface area contributed by atoms with Gasteiger partial charge in [0.1, 0.15) is 12.4 Å². The molecule has 7 nitrogen and oxygen atoms in total. The predicted octanol–water partition coefficient (Wildman–Crippen LogP) is 8.88. The molecular formula is C46H74N2O5. The highest BCUT2D eigenvalue weighted by atomic mass is 16.5. The molecule has 298 valence electrons. The Labute approximate surface area is 322 Å². The molecule has 7 rings (SSSR count). The number of morpholine rings is 1. The average Bonchev–Trinajstić information content (AvgIpc) is 3.49. The Bertz CT molecular complexity index is 1430. The summed E-state index contributed by atoms with van der Waals surface area (Å²) in [6.07, 6.45) is 15.5. The number of allylic oxidation sites excluding steroid dienone is 1. The molecule has 53 heavy (non-hydrogen) atoms. The number of carbonyl (C=O) groups excluding carboxylic acids is 3. The third-order valence-corrected chi connectivity index (χ3v) is 18.3. The maximum absolute atomic E-state index is 14.4. The first-order valence-corrected chi connectivity index (χ1v) is 21.8. The van der Waals surface area contributed by atoms with Crippen LogP contribution in [0, 0.1) is 62.1 Å². The molecule has 7 fully saturated rings. The van der Waals surface area contributed by atoms with E-state index in [1.165, 1.54) is 56.9 Å². The molecule has 5 saturated carbocycles. The van der Waals surface area contributed by atoms with Crippen molar-refractivity contribution >= 4 is 18.2 Å². The Hall–Kier alpha value is -1.73. The molecule has 0 aromatic heterocycles. The zero-order valence-electron chi connectivity index (χ0n) is 34.9. The molecule has 2 unspecified atom stereocenters. The Balaban J connectivity index is 1.08. The number of piperidine rings is 1. The van der Waals surface area contributed by atoms with Gasteiger partial charge < -0.3 is 19.2 Å². The molecule has 10 atom stereocenters. The lowest BCUT2D eigenvalue weighted by Crippen LogP contribution is -2.67. The SMILES string of the molecule is C=C(C)[C@@H]1CC[C@]2(CC(=O)N3CCC(N4CCOCC4)CC3)CC[C@]3(C)[C@H](CC[C@H]4C3(C)CC[C@H]3C(C)(C)C(OC(=O)CC(C)(C)C=O)CC[C@@]34C)[C@@H]12. The van der Waals surface area contributed by atoms with Crippen molar-refractivity contribution in [3.05, 3.63) is 12.2 Å². The van der Waals surface area contributed by atoms with E-state index in [1.54, 1.807) is 0 Å². The highest BCUT2D eigenvalue weighted by molar-refractivity contribution is 5.77. The van der Waals surface area contributed by atoms with Crippen molar-refractivity contribution in [3.63, 3.8) is 0 Å². The van der Waals surface area contributed by atoms with Crippen molar-refractivity contribution in [2.75, 3.05) is 39.4 Å². The molecule has 2 heterocycles. The van der Waals surface area contributed by atoms with E-state index >= 15 is 0 Å². The van der Waals surface area contributed by atoms with Gasteiger partial charge in [-0.25, -0.2) is 0 Å². The molecule has 7 heteroatoms. The number of hydrogen-bond acceptors (Lipinski definition) is 6. The highest BCUT2D eigenvalue weighted by Crippen LogP contribution is 2.78. The van der Waals surface area contributed by atoms with E-state index in [2.05, 4.69) is 57.9 Å². The van der Waals surface area contributed by atoms with Gasteiger partial charge >= 0.3 is 5.97 Å². The van der Waals surface area contributed by atoms with Crippen LogP contribution in [0.1, 0.15) is 145 Å². The van der Waals surface area contributed by atoms with Gasteiger partial charge in [-0.3, -0.25) is 14.5 Å². The number of ether oxygens (including phenoxy) is 2. The second-order valence-electron chi connectivity index (χ2n) is 21.6. The molecular weight excluding hydrogens is 661 g/mol. The van der Waals surface area contributed by atoms with E-state index in [9.17, 15) is 14.4 Å². The zero-order chi connectivity index (χ0) is 38.2. The van der Waals surface area contributed by atoms with Gasteiger partial charge in [-0.15, -0.1) is 0 Å². The molecule has 7 aliphatic rings. The van der Waals surface area contributed by atoms with Crippen molar-refractivity contribution in [1.29, 1.82) is 0 Å². The molecule has 0 radical (unpaired) electrons. The Morgan fingerprint density at radius 3 is 2.19 bits per heavy atom. The van der Waals surface area contributed by atoms with Crippen LogP contribution >= 0.6 is 0 Å². The van der Waals surface area contributed by atoms with Crippen LogP contribution in [0.15, 0.2) is 12.2 Å². The molecule has 0 aromatic carbocycles. The van der Waals surface area contributed by atoms with Crippen LogP contribution in [0.4, 0.5) is 0 Å². The highest BCUT2D eigenvalue weighted by Gasteiger charge is 2.71. The van der Waals surface area contributed by atoms with Gasteiger partial charge in [0, 0.05) is 49.5 Å². The van der Waals surface area contributed by atoms with Crippen LogP contribution in [0.2, 0.25) is 0 Å². The molecule has 0 bridgehead atoms. The number of esters is 1. The van der Waals surface area contributed by atoms with Gasteiger partial charge in [-0.2, -0.15) is 0 Å². The van der Waals surface area contributed by atoms with Crippen LogP contribution in [0.5, 0.6) is 0 Å². The smallest absolute Gasteiger partial charge is 0.307 e. The lowest BCUT2D eigenvalue weighted by Gasteiger charge is -2.73. The summed E-state index contributed by atoms with van der Waals surface area (Å²) in [7, 11) is 0. The van der Waals surface area contributed by atoms with Crippen molar-refractivity contribution < 1.29 is 23.9 Å². The van der Waals surface area contributed by atoms with E-state index in [-0.39, 0.29) is 45.6 Å². The molecule has 0 aromatic rings. The van der Waals surface area contributed by atoms with Crippen LogP contribution in [-0.2, 0) is 23.9 Å². The lowest BCUT2D eigenvalue weighted by molar-refractivity contribution is -0.250. The summed E-state index contributed by atoms with van der Waals surface area (Å²) in [4.78, 5) is 43.9. The van der Waals surface area contributed by atoms with E-state index in [0.29, 0.717) is 41.5 Å². The third kappa shape index (κ3) is 6.50. The molecule has 5 aliphatic carbocycles. The Morgan fingerprint density at radius 2 is 1.53 bits per heavy atom. The minimum absolute atomic E-state index is 0.0958. The topological polar surface area (TPSA) is 76.2 Å². The first-order valence-electron chi connectivity index (χ1n) is 21.8. The van der Waals surface area contributed by atoms with Crippen molar-refractivity contribution in [1.82, 2.24) is 9.80 Å². The quantitative estimate of drug-likeness (QED) is 0.141. The number of carbonyl (C=O) groups is 3. The summed E-state index contributed by atoms with van der Waals surface area (Å²) in [5.41, 5.74) is 1.27.